The lowest BCUT2D eigenvalue weighted by atomic mass is 10.2. The second kappa shape index (κ2) is 8.22. The number of hydrogen-bond acceptors (Lipinski definition) is 6. The van der Waals surface area contributed by atoms with Gasteiger partial charge in [0.25, 0.3) is 5.91 Å². The Kier molecular flexibility index (Phi) is 5.41. The molecule has 1 aromatic carbocycles. The number of carbonyl (C=O) groups is 1. The molecular formula is C22H24N4O3S2. The van der Waals surface area contributed by atoms with Crippen molar-refractivity contribution in [3.63, 3.8) is 0 Å². The molecule has 1 amide bonds. The van der Waals surface area contributed by atoms with Gasteiger partial charge in [0.2, 0.25) is 0 Å². The maximum absolute atomic E-state index is 13.5. The Balaban J connectivity index is 1.37. The fourth-order valence-corrected chi connectivity index (χ4v) is 6.80. The predicted octanol–water partition coefficient (Wildman–Crippen LogP) is 2.55. The first kappa shape index (κ1) is 20.4. The molecule has 2 aliphatic heterocycles. The number of amides is 1. The fourth-order valence-electron chi connectivity index (χ4n) is 4.36. The zero-order chi connectivity index (χ0) is 21.4. The first-order valence-electron chi connectivity index (χ1n) is 10.4. The molecule has 162 valence electrons. The maximum atomic E-state index is 13.5. The topological polar surface area (TPSA) is 75.5 Å². The number of thiophene rings is 1. The average Bonchev–Trinajstić information content (AvgIpc) is 3.53. The molecule has 1 atom stereocenters. The van der Waals surface area contributed by atoms with Gasteiger partial charge in [-0.3, -0.25) is 9.69 Å². The second-order valence-corrected chi connectivity index (χ2v) is 11.2. The van der Waals surface area contributed by atoms with Crippen LogP contribution in [0.1, 0.15) is 16.9 Å². The lowest BCUT2D eigenvalue weighted by Gasteiger charge is -2.37. The Morgan fingerprint density at radius 3 is 2.45 bits per heavy atom. The van der Waals surface area contributed by atoms with Crippen molar-refractivity contribution in [1.82, 2.24) is 19.6 Å². The van der Waals surface area contributed by atoms with Crippen LogP contribution in [0.5, 0.6) is 0 Å². The zero-order valence-electron chi connectivity index (χ0n) is 17.1. The molecular weight excluding hydrogens is 432 g/mol. The van der Waals surface area contributed by atoms with Crippen LogP contribution in [0, 0.1) is 0 Å². The molecule has 5 rings (SSSR count). The third-order valence-electron chi connectivity index (χ3n) is 6.03. The van der Waals surface area contributed by atoms with Gasteiger partial charge in [0.15, 0.2) is 9.84 Å². The molecule has 3 aromatic rings. The van der Waals surface area contributed by atoms with Gasteiger partial charge in [0.05, 0.1) is 22.1 Å². The van der Waals surface area contributed by atoms with Crippen molar-refractivity contribution in [1.29, 1.82) is 0 Å². The Morgan fingerprint density at radius 1 is 1.03 bits per heavy atom. The number of nitrogens with zero attached hydrogens (tertiary/aromatic N) is 4. The smallest absolute Gasteiger partial charge is 0.272 e. The Labute approximate surface area is 185 Å². The summed E-state index contributed by atoms with van der Waals surface area (Å²) < 4.78 is 25.4. The van der Waals surface area contributed by atoms with Gasteiger partial charge in [0.1, 0.15) is 11.4 Å². The Morgan fingerprint density at radius 2 is 1.81 bits per heavy atom. The molecule has 0 saturated carbocycles. The summed E-state index contributed by atoms with van der Waals surface area (Å²) in [5.74, 6) is 0.475. The standard InChI is InChI=1S/C22H24N4O3S2/c27-22(25-11-9-24(10-12-25)18-8-14-31(28,29)16-18)20-15-19(21-7-4-13-30-21)23-26(20)17-5-2-1-3-6-17/h1-7,13,15,18H,8-12,14,16H2/t18-/m1/s1. The minimum absolute atomic E-state index is 0.0437. The third kappa shape index (κ3) is 4.17. The number of benzene rings is 1. The van der Waals surface area contributed by atoms with E-state index in [1.54, 1.807) is 16.0 Å². The summed E-state index contributed by atoms with van der Waals surface area (Å²) >= 11 is 1.60. The van der Waals surface area contributed by atoms with E-state index in [9.17, 15) is 13.2 Å². The summed E-state index contributed by atoms with van der Waals surface area (Å²) in [7, 11) is -2.91. The van der Waals surface area contributed by atoms with Crippen molar-refractivity contribution in [2.75, 3.05) is 37.7 Å². The van der Waals surface area contributed by atoms with Crippen LogP contribution in [-0.2, 0) is 9.84 Å². The van der Waals surface area contributed by atoms with Gasteiger partial charge in [-0.05, 0) is 36.1 Å². The molecule has 4 heterocycles. The predicted molar refractivity (Wildman–Crippen MR) is 121 cm³/mol. The van der Waals surface area contributed by atoms with Gasteiger partial charge in [-0.1, -0.05) is 24.3 Å². The number of para-hydroxylation sites is 1. The molecule has 2 saturated heterocycles. The van der Waals surface area contributed by atoms with Crippen LogP contribution in [0.15, 0.2) is 53.9 Å². The van der Waals surface area contributed by atoms with E-state index < -0.39 is 9.84 Å². The quantitative estimate of drug-likeness (QED) is 0.603. The largest absolute Gasteiger partial charge is 0.335 e. The maximum Gasteiger partial charge on any atom is 0.272 e. The van der Waals surface area contributed by atoms with Crippen molar-refractivity contribution in [2.45, 2.75) is 12.5 Å². The number of sulfone groups is 1. The van der Waals surface area contributed by atoms with E-state index in [0.29, 0.717) is 38.3 Å². The summed E-state index contributed by atoms with van der Waals surface area (Å²) in [5.41, 5.74) is 2.19. The summed E-state index contributed by atoms with van der Waals surface area (Å²) in [4.78, 5) is 18.6. The van der Waals surface area contributed by atoms with Gasteiger partial charge >= 0.3 is 0 Å². The van der Waals surface area contributed by atoms with E-state index in [4.69, 9.17) is 5.10 Å². The minimum atomic E-state index is -2.91. The van der Waals surface area contributed by atoms with E-state index >= 15 is 0 Å². The summed E-state index contributed by atoms with van der Waals surface area (Å²) in [6.45, 7) is 2.57. The van der Waals surface area contributed by atoms with Gasteiger partial charge in [-0.2, -0.15) is 5.10 Å². The second-order valence-electron chi connectivity index (χ2n) is 8.02. The monoisotopic (exact) mass is 456 g/mol. The Bertz CT molecular complexity index is 1160. The highest BCUT2D eigenvalue weighted by Crippen LogP contribution is 2.27. The van der Waals surface area contributed by atoms with Crippen molar-refractivity contribution < 1.29 is 13.2 Å². The van der Waals surface area contributed by atoms with Crippen LogP contribution < -0.4 is 0 Å². The highest BCUT2D eigenvalue weighted by Gasteiger charge is 2.35. The number of rotatable bonds is 4. The molecule has 9 heteroatoms. The third-order valence-corrected chi connectivity index (χ3v) is 8.67. The zero-order valence-corrected chi connectivity index (χ0v) is 18.7. The number of carbonyl (C=O) groups excluding carboxylic acids is 1. The normalized spacial score (nSPS) is 21.4. The SMILES string of the molecule is O=C(c1cc(-c2cccs2)nn1-c1ccccc1)N1CCN([C@@H]2CCS(=O)(=O)C2)CC1. The molecule has 0 aliphatic carbocycles. The molecule has 2 aliphatic rings. The van der Waals surface area contributed by atoms with Crippen molar-refractivity contribution in [3.8, 4) is 16.3 Å². The molecule has 0 spiro atoms. The highest BCUT2D eigenvalue weighted by atomic mass is 32.2. The van der Waals surface area contributed by atoms with Gasteiger partial charge in [0, 0.05) is 32.2 Å². The molecule has 0 N–H and O–H groups in total. The summed E-state index contributed by atoms with van der Waals surface area (Å²) in [5, 5.41) is 6.74. The molecule has 31 heavy (non-hydrogen) atoms. The van der Waals surface area contributed by atoms with Gasteiger partial charge in [-0.15, -0.1) is 11.3 Å². The van der Waals surface area contributed by atoms with Crippen LogP contribution in [0.25, 0.3) is 16.3 Å². The summed E-state index contributed by atoms with van der Waals surface area (Å²) in [6.07, 6.45) is 0.696. The highest BCUT2D eigenvalue weighted by molar-refractivity contribution is 7.91. The average molecular weight is 457 g/mol. The molecule has 0 radical (unpaired) electrons. The molecule has 7 nitrogen and oxygen atoms in total. The number of piperazine rings is 1. The van der Waals surface area contributed by atoms with E-state index in [1.165, 1.54) is 0 Å². The molecule has 2 aromatic heterocycles. The molecule has 2 fully saturated rings. The lowest BCUT2D eigenvalue weighted by Crippen LogP contribution is -2.52. The van der Waals surface area contributed by atoms with E-state index in [0.717, 1.165) is 16.3 Å². The number of aromatic nitrogens is 2. The van der Waals surface area contributed by atoms with Crippen LogP contribution >= 0.6 is 11.3 Å². The van der Waals surface area contributed by atoms with Gasteiger partial charge in [-0.25, -0.2) is 13.1 Å². The first-order chi connectivity index (χ1) is 15.0. The fraction of sp³-hybridized carbons (Fsp3) is 0.364. The van der Waals surface area contributed by atoms with E-state index in [2.05, 4.69) is 4.90 Å². The molecule has 0 unspecified atom stereocenters. The van der Waals surface area contributed by atoms with Crippen LogP contribution in [0.3, 0.4) is 0 Å². The van der Waals surface area contributed by atoms with Crippen LogP contribution in [0.2, 0.25) is 0 Å². The minimum Gasteiger partial charge on any atom is -0.335 e. The van der Waals surface area contributed by atoms with Crippen molar-refractivity contribution in [3.05, 3.63) is 59.6 Å². The van der Waals surface area contributed by atoms with Crippen molar-refractivity contribution in [2.24, 2.45) is 0 Å². The van der Waals surface area contributed by atoms with E-state index in [1.807, 2.05) is 58.8 Å². The van der Waals surface area contributed by atoms with E-state index in [-0.39, 0.29) is 23.5 Å². The number of hydrogen-bond donors (Lipinski definition) is 0. The van der Waals surface area contributed by atoms with Gasteiger partial charge < -0.3 is 4.90 Å². The summed E-state index contributed by atoms with van der Waals surface area (Å²) in [6, 6.07) is 15.6. The Hall–Kier alpha value is -2.49. The lowest BCUT2D eigenvalue weighted by molar-refractivity contribution is 0.0579. The van der Waals surface area contributed by atoms with Crippen LogP contribution in [0.4, 0.5) is 0 Å². The first-order valence-corrected chi connectivity index (χ1v) is 13.1. The molecule has 0 bridgehead atoms. The van der Waals surface area contributed by atoms with Crippen molar-refractivity contribution >= 4 is 27.1 Å². The van der Waals surface area contributed by atoms with Crippen LogP contribution in [-0.4, -0.2) is 77.6 Å².